The van der Waals surface area contributed by atoms with E-state index < -0.39 is 97.2 Å². The summed E-state index contributed by atoms with van der Waals surface area (Å²) in [5.41, 5.74) is 8.54. The van der Waals surface area contributed by atoms with Crippen LogP contribution in [0.5, 0.6) is 0 Å². The van der Waals surface area contributed by atoms with Crippen molar-refractivity contribution in [3.63, 3.8) is 0 Å². The fourth-order valence-electron chi connectivity index (χ4n) is 4.33. The molecule has 0 radical (unpaired) electrons. The van der Waals surface area contributed by atoms with Crippen molar-refractivity contribution in [2.45, 2.75) is 77.0 Å². The van der Waals surface area contributed by atoms with E-state index >= 15 is 0 Å². The Morgan fingerprint density at radius 3 is 2.33 bits per heavy atom. The van der Waals surface area contributed by atoms with E-state index in [-0.39, 0.29) is 5.56 Å². The van der Waals surface area contributed by atoms with Crippen molar-refractivity contribution in [1.82, 2.24) is 5.32 Å². The van der Waals surface area contributed by atoms with Gasteiger partial charge in [-0.1, -0.05) is 17.2 Å². The highest BCUT2D eigenvalue weighted by Gasteiger charge is 2.59. The van der Waals surface area contributed by atoms with Crippen LogP contribution in [0.2, 0.25) is 0 Å². The quantitative estimate of drug-likeness (QED) is 0.120. The predicted molar refractivity (Wildman–Crippen MR) is 134 cm³/mol. The second kappa shape index (κ2) is 15.0. The van der Waals surface area contributed by atoms with Gasteiger partial charge in [0.25, 0.3) is 5.79 Å². The van der Waals surface area contributed by atoms with Crippen molar-refractivity contribution in [3.05, 3.63) is 45.8 Å². The molecule has 17 heteroatoms. The zero-order valence-corrected chi connectivity index (χ0v) is 23.3. The molecule has 1 aliphatic heterocycles. The minimum absolute atomic E-state index is 0.330. The maximum Gasteiger partial charge on any atom is 0.366 e. The summed E-state index contributed by atoms with van der Waals surface area (Å²) in [4.78, 5) is 64.2. The highest BCUT2D eigenvalue weighted by atomic mass is 19.2. The second-order valence-electron chi connectivity index (χ2n) is 9.04. The summed E-state index contributed by atoms with van der Waals surface area (Å²) in [7, 11) is 0.960. The maximum atomic E-state index is 14.4. The molecule has 0 aromatic heterocycles. The fraction of sp³-hybridized carbons (Fsp3) is 0.560. The number of halogens is 2. The Kier molecular flexibility index (Phi) is 12.1. The molecule has 0 bridgehead atoms. The van der Waals surface area contributed by atoms with Crippen LogP contribution in [0.4, 0.5) is 8.78 Å². The third-order valence-corrected chi connectivity index (χ3v) is 5.86. The number of hydrogen-bond acceptors (Lipinski definition) is 12. The minimum atomic E-state index is -2.55. The van der Waals surface area contributed by atoms with Crippen LogP contribution >= 0.6 is 0 Å². The molecular formula is C25H30F2N4O11. The van der Waals surface area contributed by atoms with E-state index in [0.717, 1.165) is 40.9 Å². The molecule has 1 aromatic carbocycles. The summed E-state index contributed by atoms with van der Waals surface area (Å²) in [6.45, 7) is 2.76. The number of carbonyl (C=O) groups is 5. The van der Waals surface area contributed by atoms with Crippen LogP contribution < -0.4 is 5.32 Å². The molecule has 230 valence electrons. The maximum absolute atomic E-state index is 14.4. The lowest BCUT2D eigenvalue weighted by Gasteiger charge is -2.48. The van der Waals surface area contributed by atoms with E-state index in [1.807, 2.05) is 0 Å². The Bertz CT molecular complexity index is 1240. The Labute approximate surface area is 238 Å². The topological polar surface area (TPSA) is 202 Å². The first kappa shape index (κ1) is 33.9. The Morgan fingerprint density at radius 2 is 1.79 bits per heavy atom. The van der Waals surface area contributed by atoms with Crippen molar-refractivity contribution in [3.8, 4) is 0 Å². The van der Waals surface area contributed by atoms with Gasteiger partial charge < -0.3 is 33.7 Å². The first-order valence-corrected chi connectivity index (χ1v) is 12.4. The van der Waals surface area contributed by atoms with E-state index in [0.29, 0.717) is 0 Å². The fourth-order valence-corrected chi connectivity index (χ4v) is 4.33. The Morgan fingerprint density at radius 1 is 1.12 bits per heavy atom. The molecule has 0 spiro atoms. The highest BCUT2D eigenvalue weighted by Crippen LogP contribution is 2.37. The SMILES string of the molecule is COC(=O)[C@]1(OCc2cccc(F)c2F)C[C@H](OC(C)=O)[C@@H](NC(C)=O)[C@H]([C@H](OC(C)=O)[C@@H](CN=[N+]=[N-])OC(C)=O)O1. The first-order valence-electron chi connectivity index (χ1n) is 12.4. The van der Waals surface area contributed by atoms with Gasteiger partial charge in [-0.25, -0.2) is 13.6 Å². The number of benzene rings is 1. The average molecular weight is 601 g/mol. The van der Waals surface area contributed by atoms with Crippen LogP contribution in [0.15, 0.2) is 23.3 Å². The van der Waals surface area contributed by atoms with Crippen LogP contribution in [0.1, 0.15) is 39.7 Å². The number of rotatable bonds is 12. The molecule has 2 rings (SSSR count). The zero-order valence-electron chi connectivity index (χ0n) is 23.3. The third-order valence-electron chi connectivity index (χ3n) is 5.86. The van der Waals surface area contributed by atoms with Gasteiger partial charge in [0.15, 0.2) is 17.7 Å². The normalized spacial score (nSPS) is 22.9. The number of azide groups is 1. The minimum Gasteiger partial charge on any atom is -0.465 e. The molecule has 1 saturated heterocycles. The number of methoxy groups -OCH3 is 1. The van der Waals surface area contributed by atoms with Gasteiger partial charge in [0.1, 0.15) is 18.3 Å². The number of amides is 1. The lowest BCUT2D eigenvalue weighted by Crippen LogP contribution is -2.69. The van der Waals surface area contributed by atoms with Gasteiger partial charge in [-0.2, -0.15) is 0 Å². The summed E-state index contributed by atoms with van der Waals surface area (Å²) in [5.74, 6) is -9.67. The molecule has 0 aliphatic carbocycles. The van der Waals surface area contributed by atoms with Gasteiger partial charge >= 0.3 is 23.9 Å². The van der Waals surface area contributed by atoms with Gasteiger partial charge in [-0.3, -0.25) is 19.2 Å². The van der Waals surface area contributed by atoms with Crippen molar-refractivity contribution in [1.29, 1.82) is 0 Å². The van der Waals surface area contributed by atoms with Crippen molar-refractivity contribution in [2.24, 2.45) is 5.11 Å². The lowest BCUT2D eigenvalue weighted by atomic mass is 9.87. The highest BCUT2D eigenvalue weighted by molar-refractivity contribution is 5.79. The molecule has 6 atom stereocenters. The number of carbonyl (C=O) groups excluding carboxylic acids is 5. The first-order chi connectivity index (χ1) is 19.7. The number of nitrogens with one attached hydrogen (secondary N) is 1. The van der Waals surface area contributed by atoms with E-state index in [1.54, 1.807) is 0 Å². The summed E-state index contributed by atoms with van der Waals surface area (Å²) < 4.78 is 60.9. The summed E-state index contributed by atoms with van der Waals surface area (Å²) >= 11 is 0. The third kappa shape index (κ3) is 8.83. The molecule has 0 saturated carbocycles. The molecule has 1 fully saturated rings. The average Bonchev–Trinajstić information content (AvgIpc) is 2.90. The summed E-state index contributed by atoms with van der Waals surface area (Å²) in [5, 5.41) is 5.86. The van der Waals surface area contributed by atoms with Crippen LogP contribution in [0.3, 0.4) is 0 Å². The molecule has 42 heavy (non-hydrogen) atoms. The van der Waals surface area contributed by atoms with Gasteiger partial charge in [-0.05, 0) is 11.6 Å². The molecule has 1 heterocycles. The molecule has 1 aliphatic rings. The summed E-state index contributed by atoms with van der Waals surface area (Å²) in [6.07, 6.45) is -7.14. The summed E-state index contributed by atoms with van der Waals surface area (Å²) in [6, 6.07) is 1.83. The molecule has 0 unspecified atom stereocenters. The Hall–Kier alpha value is -4.34. The second-order valence-corrected chi connectivity index (χ2v) is 9.04. The van der Waals surface area contributed by atoms with Gasteiger partial charge in [0, 0.05) is 38.2 Å². The van der Waals surface area contributed by atoms with Gasteiger partial charge in [0.2, 0.25) is 5.91 Å². The standard InChI is InChI=1S/C25H30F2N4O11/c1-12(32)30-21-18(39-13(2)33)9-25(24(36)37-5,38-11-16-7-6-8-17(26)20(16)27)42-23(21)22(41-15(4)35)19(10-29-31-28)40-14(3)34/h6-8,18-19,21-23H,9-11H2,1-5H3,(H,30,32)/t18-,19+,21+,22+,23+,25-/m0/s1. The van der Waals surface area contributed by atoms with Crippen LogP contribution in [0.25, 0.3) is 10.4 Å². The van der Waals surface area contributed by atoms with Crippen molar-refractivity contribution < 1.29 is 61.2 Å². The van der Waals surface area contributed by atoms with E-state index in [9.17, 15) is 32.8 Å². The van der Waals surface area contributed by atoms with Crippen molar-refractivity contribution in [2.75, 3.05) is 13.7 Å². The van der Waals surface area contributed by atoms with E-state index in [4.69, 9.17) is 34.0 Å². The largest absolute Gasteiger partial charge is 0.465 e. The van der Waals surface area contributed by atoms with Crippen LogP contribution in [0, 0.1) is 11.6 Å². The molecule has 1 amide bonds. The monoisotopic (exact) mass is 600 g/mol. The smallest absolute Gasteiger partial charge is 0.366 e. The molecular weight excluding hydrogens is 570 g/mol. The zero-order chi connectivity index (χ0) is 31.6. The van der Waals surface area contributed by atoms with Crippen LogP contribution in [-0.2, 0) is 59.0 Å². The number of ether oxygens (including phenoxy) is 6. The molecule has 15 nitrogen and oxygen atoms in total. The number of nitrogens with zero attached hydrogens (tertiary/aromatic N) is 3. The van der Waals surface area contributed by atoms with E-state index in [1.165, 1.54) is 12.1 Å². The number of esters is 4. The van der Waals surface area contributed by atoms with E-state index in [2.05, 4.69) is 15.3 Å². The molecule has 1 aromatic rings. The predicted octanol–water partition coefficient (Wildman–Crippen LogP) is 1.75. The number of hydrogen-bond donors (Lipinski definition) is 1. The molecule has 1 N–H and O–H groups in total. The van der Waals surface area contributed by atoms with Gasteiger partial charge in [0.05, 0.1) is 32.7 Å². The van der Waals surface area contributed by atoms with Gasteiger partial charge in [-0.15, -0.1) is 0 Å². The Balaban J connectivity index is 2.75. The van der Waals surface area contributed by atoms with Crippen molar-refractivity contribution >= 4 is 29.8 Å². The lowest BCUT2D eigenvalue weighted by molar-refractivity contribution is -0.317. The van der Waals surface area contributed by atoms with Crippen LogP contribution in [-0.4, -0.2) is 79.7 Å².